The molecule has 2 atom stereocenters. The van der Waals surface area contributed by atoms with Crippen LogP contribution in [0.4, 0.5) is 0 Å². The van der Waals surface area contributed by atoms with Gasteiger partial charge in [-0.25, -0.2) is 4.98 Å². The molecule has 0 bridgehead atoms. The van der Waals surface area contributed by atoms with Gasteiger partial charge in [0.1, 0.15) is 5.01 Å². The highest BCUT2D eigenvalue weighted by molar-refractivity contribution is 7.18. The smallest absolute Gasteiger partial charge is 0.236 e. The molecule has 0 spiro atoms. The third-order valence-electron chi connectivity index (χ3n) is 4.44. The maximum Gasteiger partial charge on any atom is 0.236 e. The van der Waals surface area contributed by atoms with Crippen LogP contribution in [0.3, 0.4) is 0 Å². The number of nitrogens with zero attached hydrogens (tertiary/aromatic N) is 3. The van der Waals surface area contributed by atoms with E-state index in [2.05, 4.69) is 29.8 Å². The van der Waals surface area contributed by atoms with Crippen molar-refractivity contribution in [1.29, 1.82) is 0 Å². The zero-order valence-corrected chi connectivity index (χ0v) is 15.0. The molecule has 4 nitrogen and oxygen atoms in total. The van der Waals surface area contributed by atoms with E-state index < -0.39 is 0 Å². The first kappa shape index (κ1) is 16.4. The minimum Gasteiger partial charge on any atom is -0.338 e. The van der Waals surface area contributed by atoms with Crippen LogP contribution in [-0.4, -0.2) is 47.4 Å². The Morgan fingerprint density at radius 2 is 2.00 bits per heavy atom. The van der Waals surface area contributed by atoms with Gasteiger partial charge < -0.3 is 4.90 Å². The minimum absolute atomic E-state index is 0.186. The Bertz CT molecular complexity index is 641. The second kappa shape index (κ2) is 6.97. The molecule has 0 N–H and O–H groups in total. The fourth-order valence-electron chi connectivity index (χ4n) is 3.51. The van der Waals surface area contributed by atoms with Crippen LogP contribution in [0.25, 0.3) is 10.2 Å². The van der Waals surface area contributed by atoms with E-state index in [0.717, 1.165) is 23.6 Å². The van der Waals surface area contributed by atoms with Gasteiger partial charge in [0.05, 0.1) is 23.3 Å². The molecule has 1 aromatic carbocycles. The molecule has 1 amide bonds. The van der Waals surface area contributed by atoms with Gasteiger partial charge in [-0.15, -0.1) is 11.3 Å². The summed E-state index contributed by atoms with van der Waals surface area (Å²) in [5.41, 5.74) is 1.02. The van der Waals surface area contributed by atoms with Gasteiger partial charge in [-0.3, -0.25) is 9.69 Å². The number of amides is 1. The molecule has 0 saturated carbocycles. The van der Waals surface area contributed by atoms with Crippen LogP contribution in [0, 0.1) is 11.8 Å². The van der Waals surface area contributed by atoms with Crippen molar-refractivity contribution in [2.24, 2.45) is 11.8 Å². The summed E-state index contributed by atoms with van der Waals surface area (Å²) in [4.78, 5) is 21.2. The van der Waals surface area contributed by atoms with E-state index in [1.54, 1.807) is 11.3 Å². The number of aromatic nitrogens is 1. The number of carbonyl (C=O) groups excluding carboxylic acids is 1. The highest BCUT2D eigenvalue weighted by Crippen LogP contribution is 2.23. The number of hydrogen-bond donors (Lipinski definition) is 0. The number of thiazole rings is 1. The van der Waals surface area contributed by atoms with Crippen molar-refractivity contribution in [2.45, 2.75) is 26.8 Å². The molecule has 0 aliphatic carbocycles. The van der Waals surface area contributed by atoms with Gasteiger partial charge in [0, 0.05) is 20.1 Å². The lowest BCUT2D eigenvalue weighted by Crippen LogP contribution is -2.44. The number of hydrogen-bond acceptors (Lipinski definition) is 4. The van der Waals surface area contributed by atoms with Gasteiger partial charge in [0.15, 0.2) is 0 Å². The molecular weight excluding hydrogens is 306 g/mol. The Balaban J connectivity index is 1.58. The normalized spacial score (nSPS) is 22.4. The molecule has 1 aliphatic heterocycles. The third-order valence-corrected chi connectivity index (χ3v) is 5.46. The monoisotopic (exact) mass is 331 g/mol. The number of para-hydroxylation sites is 1. The number of likely N-dealkylation sites (tertiary alicyclic amines) is 1. The average Bonchev–Trinajstić information content (AvgIpc) is 2.88. The molecule has 1 saturated heterocycles. The van der Waals surface area contributed by atoms with E-state index in [1.807, 2.05) is 30.1 Å². The standard InChI is InChI=1S/C18H25N3OS/c1-13-8-14(2)10-21(9-13)12-18(22)20(3)11-17-19-15-6-4-5-7-16(15)23-17/h4-7,13-14H,8-12H2,1-3H3/t13-,14-/m0/s1. The molecule has 1 aliphatic rings. The first-order valence-electron chi connectivity index (χ1n) is 8.32. The van der Waals surface area contributed by atoms with Crippen LogP contribution in [0.5, 0.6) is 0 Å². The Labute approximate surface area is 142 Å². The summed E-state index contributed by atoms with van der Waals surface area (Å²) in [6, 6.07) is 8.12. The van der Waals surface area contributed by atoms with E-state index in [-0.39, 0.29) is 5.91 Å². The quantitative estimate of drug-likeness (QED) is 0.863. The van der Waals surface area contributed by atoms with Crippen molar-refractivity contribution in [3.8, 4) is 0 Å². The van der Waals surface area contributed by atoms with Gasteiger partial charge in [-0.05, 0) is 30.4 Å². The highest BCUT2D eigenvalue weighted by atomic mass is 32.1. The third kappa shape index (κ3) is 4.09. The largest absolute Gasteiger partial charge is 0.338 e. The molecule has 23 heavy (non-hydrogen) atoms. The van der Waals surface area contributed by atoms with Gasteiger partial charge in [-0.1, -0.05) is 26.0 Å². The van der Waals surface area contributed by atoms with E-state index in [9.17, 15) is 4.79 Å². The number of benzene rings is 1. The Morgan fingerprint density at radius 3 is 2.70 bits per heavy atom. The minimum atomic E-state index is 0.186. The first-order chi connectivity index (χ1) is 11.0. The lowest BCUT2D eigenvalue weighted by Gasteiger charge is -2.35. The number of fused-ring (bicyclic) bond motifs is 1. The summed E-state index contributed by atoms with van der Waals surface area (Å²) in [6.45, 7) is 7.74. The topological polar surface area (TPSA) is 36.4 Å². The van der Waals surface area contributed by atoms with Crippen molar-refractivity contribution in [1.82, 2.24) is 14.8 Å². The maximum atomic E-state index is 12.5. The lowest BCUT2D eigenvalue weighted by atomic mass is 9.92. The Kier molecular flexibility index (Phi) is 4.97. The molecule has 5 heteroatoms. The molecule has 1 aromatic heterocycles. The first-order valence-corrected chi connectivity index (χ1v) is 9.13. The lowest BCUT2D eigenvalue weighted by molar-refractivity contribution is -0.132. The summed E-state index contributed by atoms with van der Waals surface area (Å²) in [6.07, 6.45) is 1.27. The van der Waals surface area contributed by atoms with Crippen molar-refractivity contribution >= 4 is 27.5 Å². The summed E-state index contributed by atoms with van der Waals surface area (Å²) in [5, 5.41) is 1.00. The SMILES string of the molecule is C[C@H]1C[C@H](C)CN(CC(=O)N(C)Cc2nc3ccccc3s2)C1. The van der Waals surface area contributed by atoms with Crippen LogP contribution in [0.2, 0.25) is 0 Å². The predicted molar refractivity (Wildman–Crippen MR) is 95.5 cm³/mol. The van der Waals surface area contributed by atoms with Gasteiger partial charge in [0.25, 0.3) is 0 Å². The summed E-state index contributed by atoms with van der Waals surface area (Å²) in [5.74, 6) is 1.55. The number of carbonyl (C=O) groups is 1. The fraction of sp³-hybridized carbons (Fsp3) is 0.556. The van der Waals surface area contributed by atoms with Gasteiger partial charge in [-0.2, -0.15) is 0 Å². The molecule has 2 heterocycles. The van der Waals surface area contributed by atoms with Crippen LogP contribution in [0.1, 0.15) is 25.3 Å². The fourth-order valence-corrected chi connectivity index (χ4v) is 4.53. The van der Waals surface area contributed by atoms with Gasteiger partial charge in [0.2, 0.25) is 5.91 Å². The van der Waals surface area contributed by atoms with Crippen molar-refractivity contribution in [3.05, 3.63) is 29.3 Å². The molecular formula is C18H25N3OS. The number of likely N-dealkylation sites (N-methyl/N-ethyl adjacent to an activating group) is 1. The van der Waals surface area contributed by atoms with Crippen LogP contribution >= 0.6 is 11.3 Å². The molecule has 0 unspecified atom stereocenters. The second-order valence-electron chi connectivity index (χ2n) is 6.97. The molecule has 0 radical (unpaired) electrons. The maximum absolute atomic E-state index is 12.5. The molecule has 3 rings (SSSR count). The predicted octanol–water partition coefficient (Wildman–Crippen LogP) is 3.23. The van der Waals surface area contributed by atoms with Crippen molar-refractivity contribution < 1.29 is 4.79 Å². The molecule has 2 aromatic rings. The average molecular weight is 331 g/mol. The molecule has 124 valence electrons. The Hall–Kier alpha value is -1.46. The highest BCUT2D eigenvalue weighted by Gasteiger charge is 2.24. The second-order valence-corrected chi connectivity index (χ2v) is 8.08. The van der Waals surface area contributed by atoms with E-state index in [4.69, 9.17) is 0 Å². The molecule has 1 fully saturated rings. The summed E-state index contributed by atoms with van der Waals surface area (Å²) >= 11 is 1.67. The summed E-state index contributed by atoms with van der Waals surface area (Å²) < 4.78 is 1.18. The van der Waals surface area contributed by atoms with Crippen molar-refractivity contribution in [2.75, 3.05) is 26.7 Å². The number of rotatable bonds is 4. The van der Waals surface area contributed by atoms with Gasteiger partial charge >= 0.3 is 0 Å². The number of piperidine rings is 1. The van der Waals surface area contributed by atoms with E-state index in [0.29, 0.717) is 24.9 Å². The van der Waals surface area contributed by atoms with Crippen LogP contribution in [0.15, 0.2) is 24.3 Å². The van der Waals surface area contributed by atoms with Crippen LogP contribution in [-0.2, 0) is 11.3 Å². The van der Waals surface area contributed by atoms with Crippen LogP contribution < -0.4 is 0 Å². The zero-order valence-electron chi connectivity index (χ0n) is 14.2. The summed E-state index contributed by atoms with van der Waals surface area (Å²) in [7, 11) is 1.88. The Morgan fingerprint density at radius 1 is 1.30 bits per heavy atom. The van der Waals surface area contributed by atoms with Crippen molar-refractivity contribution in [3.63, 3.8) is 0 Å². The van der Waals surface area contributed by atoms with E-state index >= 15 is 0 Å². The zero-order chi connectivity index (χ0) is 16.4. The van der Waals surface area contributed by atoms with E-state index in [1.165, 1.54) is 11.1 Å².